The van der Waals surface area contributed by atoms with E-state index in [1.165, 1.54) is 29.1 Å². The van der Waals surface area contributed by atoms with Crippen molar-refractivity contribution in [2.24, 2.45) is 5.92 Å². The summed E-state index contributed by atoms with van der Waals surface area (Å²) in [6, 6.07) is 9.15. The molecule has 1 aliphatic heterocycles. The minimum absolute atomic E-state index is 0.00752. The molecule has 0 saturated carbocycles. The van der Waals surface area contributed by atoms with Gasteiger partial charge in [-0.3, -0.25) is 19.1 Å². The van der Waals surface area contributed by atoms with E-state index in [1.807, 2.05) is 20.8 Å². The van der Waals surface area contributed by atoms with Crippen LogP contribution in [0.25, 0.3) is 0 Å². The van der Waals surface area contributed by atoms with Crippen molar-refractivity contribution in [2.45, 2.75) is 91.1 Å². The minimum atomic E-state index is -3.31. The number of hydrogen-bond donors (Lipinski definition) is 2. The Morgan fingerprint density at radius 2 is 1.75 bits per heavy atom. The van der Waals surface area contributed by atoms with Crippen molar-refractivity contribution >= 4 is 23.6 Å². The molecule has 3 amide bonds. The Labute approximate surface area is 277 Å². The molecule has 3 heterocycles. The molecule has 1 aromatic carbocycles. The van der Waals surface area contributed by atoms with E-state index >= 15 is 0 Å². The number of likely N-dealkylation sites (tertiary alicyclic amines) is 1. The lowest BCUT2D eigenvalue weighted by Crippen LogP contribution is -2.42. The van der Waals surface area contributed by atoms with Crippen molar-refractivity contribution in [3.8, 4) is 5.75 Å². The number of aryl methyl sites for hydroxylation is 2. The highest BCUT2D eigenvalue weighted by atomic mass is 19.3. The summed E-state index contributed by atoms with van der Waals surface area (Å²) < 4.78 is 39.3. The van der Waals surface area contributed by atoms with Gasteiger partial charge in [0.1, 0.15) is 11.4 Å². The molecular weight excluding hydrogens is 628 g/mol. The highest BCUT2D eigenvalue weighted by Gasteiger charge is 2.28. The van der Waals surface area contributed by atoms with Crippen LogP contribution >= 0.6 is 0 Å². The van der Waals surface area contributed by atoms with E-state index in [0.29, 0.717) is 76.5 Å². The second kappa shape index (κ2) is 15.8. The number of nitrogens with one attached hydrogen (secondary N) is 2. The molecule has 2 aromatic heterocycles. The van der Waals surface area contributed by atoms with Gasteiger partial charge in [-0.05, 0) is 76.1 Å². The number of aromatic nitrogens is 4. The molecule has 48 heavy (non-hydrogen) atoms. The van der Waals surface area contributed by atoms with Crippen LogP contribution in [0.15, 0.2) is 53.6 Å². The average molecular weight is 672 g/mol. The van der Waals surface area contributed by atoms with Crippen molar-refractivity contribution in [1.82, 2.24) is 29.8 Å². The van der Waals surface area contributed by atoms with E-state index in [-0.39, 0.29) is 41.5 Å². The van der Waals surface area contributed by atoms with Crippen LogP contribution in [0.2, 0.25) is 0 Å². The largest absolute Gasteiger partial charge is 0.444 e. The van der Waals surface area contributed by atoms with Crippen LogP contribution in [-0.4, -0.2) is 67.2 Å². The molecule has 1 saturated heterocycles. The number of halogens is 2. The Hall–Kier alpha value is -4.82. The smallest absolute Gasteiger partial charge is 0.410 e. The second-order valence-corrected chi connectivity index (χ2v) is 12.9. The first-order valence-electron chi connectivity index (χ1n) is 16.0. The Kier molecular flexibility index (Phi) is 11.9. The molecule has 13 nitrogen and oxygen atoms in total. The topological polar surface area (TPSA) is 150 Å². The SMILES string of the molecule is CC(C)(C)OC(=O)N1CCC(CC(=O)Nc2ccn(CCCCn3cc(C(=O)NCc4cccc(OC(C)(F)F)c4)nn3)c(=O)c2)CC1. The number of benzene rings is 1. The molecule has 2 N–H and O–H groups in total. The molecular formula is C33H43F2N7O6. The molecule has 0 spiro atoms. The first-order chi connectivity index (χ1) is 22.6. The second-order valence-electron chi connectivity index (χ2n) is 12.9. The van der Waals surface area contributed by atoms with E-state index < -0.39 is 17.6 Å². The van der Waals surface area contributed by atoms with E-state index in [1.54, 1.807) is 33.9 Å². The number of amides is 3. The van der Waals surface area contributed by atoms with E-state index in [9.17, 15) is 28.0 Å². The molecule has 15 heteroatoms. The first kappa shape index (κ1) is 36.0. The molecule has 0 bridgehead atoms. The maximum atomic E-state index is 13.1. The van der Waals surface area contributed by atoms with Gasteiger partial charge in [-0.15, -0.1) is 5.10 Å². The molecule has 4 rings (SSSR count). The minimum Gasteiger partial charge on any atom is -0.444 e. The summed E-state index contributed by atoms with van der Waals surface area (Å²) >= 11 is 0. The van der Waals surface area contributed by atoms with Gasteiger partial charge in [0.25, 0.3) is 11.5 Å². The van der Waals surface area contributed by atoms with Crippen LogP contribution in [0.1, 0.15) is 75.9 Å². The molecule has 1 fully saturated rings. The standard InChI is InChI=1S/C33H43F2N7O6/c1-32(2,3)48-31(46)41-15-10-23(11-16-41)19-28(43)37-25-12-17-40(29(44)20-25)13-5-6-14-42-22-27(38-39-42)30(45)36-21-24-8-7-9-26(18-24)47-33(4,34)35/h7-9,12,17-18,20,22-23H,5-6,10-11,13-16,19,21H2,1-4H3,(H,36,45)(H,37,43). The Bertz CT molecular complexity index is 1620. The molecule has 0 unspecified atom stereocenters. The average Bonchev–Trinajstić information content (AvgIpc) is 3.47. The van der Waals surface area contributed by atoms with Gasteiger partial charge < -0.3 is 29.6 Å². The van der Waals surface area contributed by atoms with Crippen molar-refractivity contribution < 1.29 is 32.6 Å². The summed E-state index contributed by atoms with van der Waals surface area (Å²) in [6.07, 6.45) is 2.55. The summed E-state index contributed by atoms with van der Waals surface area (Å²) in [5.74, 6) is -0.502. The fraction of sp³-hybridized carbons (Fsp3) is 0.515. The molecule has 1 aliphatic rings. The maximum absolute atomic E-state index is 13.1. The third-order valence-electron chi connectivity index (χ3n) is 7.48. The number of piperidine rings is 1. The fourth-order valence-electron chi connectivity index (χ4n) is 5.16. The first-order valence-corrected chi connectivity index (χ1v) is 16.0. The van der Waals surface area contributed by atoms with Gasteiger partial charge in [-0.25, -0.2) is 4.79 Å². The molecule has 0 radical (unpaired) electrons. The van der Waals surface area contributed by atoms with Gasteiger partial charge in [0.2, 0.25) is 5.91 Å². The van der Waals surface area contributed by atoms with Crippen molar-refractivity contribution in [3.05, 3.63) is 70.4 Å². The number of ether oxygens (including phenoxy) is 2. The summed E-state index contributed by atoms with van der Waals surface area (Å²) in [4.78, 5) is 51.7. The molecule has 0 aliphatic carbocycles. The number of unbranched alkanes of at least 4 members (excludes halogenated alkanes) is 1. The third kappa shape index (κ3) is 11.8. The van der Waals surface area contributed by atoms with Crippen molar-refractivity contribution in [1.29, 1.82) is 0 Å². The van der Waals surface area contributed by atoms with Crippen LogP contribution in [-0.2, 0) is 29.2 Å². The lowest BCUT2D eigenvalue weighted by Gasteiger charge is -2.33. The summed E-state index contributed by atoms with van der Waals surface area (Å²) in [5.41, 5.74) is 0.340. The number of pyridine rings is 1. The molecule has 260 valence electrons. The summed E-state index contributed by atoms with van der Waals surface area (Å²) in [6.45, 7) is 8.23. The van der Waals surface area contributed by atoms with Crippen LogP contribution in [0.4, 0.5) is 19.3 Å². The summed E-state index contributed by atoms with van der Waals surface area (Å²) in [7, 11) is 0. The quantitative estimate of drug-likeness (QED) is 0.246. The Morgan fingerprint density at radius 3 is 2.44 bits per heavy atom. The van der Waals surface area contributed by atoms with Gasteiger partial charge >= 0.3 is 12.2 Å². The monoisotopic (exact) mass is 671 g/mol. The molecule has 3 aromatic rings. The maximum Gasteiger partial charge on any atom is 0.410 e. The van der Waals surface area contributed by atoms with Crippen LogP contribution < -0.4 is 20.9 Å². The van der Waals surface area contributed by atoms with Gasteiger partial charge in [0.05, 0.1) is 6.20 Å². The van der Waals surface area contributed by atoms with Crippen LogP contribution in [0, 0.1) is 5.92 Å². The lowest BCUT2D eigenvalue weighted by molar-refractivity contribution is -0.159. The zero-order chi connectivity index (χ0) is 34.9. The predicted molar refractivity (Wildman–Crippen MR) is 173 cm³/mol. The fourth-order valence-corrected chi connectivity index (χ4v) is 5.16. The van der Waals surface area contributed by atoms with Gasteiger partial charge in [0, 0.05) is 64.0 Å². The van der Waals surface area contributed by atoms with Crippen LogP contribution in [0.3, 0.4) is 0 Å². The van der Waals surface area contributed by atoms with Gasteiger partial charge in [0.15, 0.2) is 5.69 Å². The number of carbonyl (C=O) groups is 3. The third-order valence-corrected chi connectivity index (χ3v) is 7.48. The summed E-state index contributed by atoms with van der Waals surface area (Å²) in [5, 5.41) is 13.4. The lowest BCUT2D eigenvalue weighted by atomic mass is 9.93. The zero-order valence-corrected chi connectivity index (χ0v) is 27.7. The van der Waals surface area contributed by atoms with E-state index in [2.05, 4.69) is 25.7 Å². The van der Waals surface area contributed by atoms with E-state index in [0.717, 1.165) is 0 Å². The number of rotatable bonds is 13. The Morgan fingerprint density at radius 1 is 1.02 bits per heavy atom. The van der Waals surface area contributed by atoms with Crippen molar-refractivity contribution in [3.63, 3.8) is 0 Å². The predicted octanol–water partition coefficient (Wildman–Crippen LogP) is 4.82. The highest BCUT2D eigenvalue weighted by Crippen LogP contribution is 2.23. The number of alkyl halides is 2. The van der Waals surface area contributed by atoms with Crippen LogP contribution in [0.5, 0.6) is 5.75 Å². The molecule has 0 atom stereocenters. The normalized spacial score (nSPS) is 14.0. The zero-order valence-electron chi connectivity index (χ0n) is 27.7. The number of anilines is 1. The van der Waals surface area contributed by atoms with E-state index in [4.69, 9.17) is 4.74 Å². The highest BCUT2D eigenvalue weighted by molar-refractivity contribution is 5.92. The van der Waals surface area contributed by atoms with Gasteiger partial charge in [-0.1, -0.05) is 17.3 Å². The van der Waals surface area contributed by atoms with Crippen molar-refractivity contribution in [2.75, 3.05) is 18.4 Å². The number of hydrogen-bond acceptors (Lipinski definition) is 8. The number of carbonyl (C=O) groups excluding carboxylic acids is 3. The van der Waals surface area contributed by atoms with Gasteiger partial charge in [-0.2, -0.15) is 8.78 Å². The Balaban J connectivity index is 1.14. The number of nitrogens with zero attached hydrogens (tertiary/aromatic N) is 5.